The number of carbonyl (C=O) groups excluding carboxylic acids is 1. The van der Waals surface area contributed by atoms with Gasteiger partial charge in [0.1, 0.15) is 11.9 Å². The molecule has 0 fully saturated rings. The Morgan fingerprint density at radius 3 is 2.41 bits per heavy atom. The molecule has 1 N–H and O–H groups in total. The number of nitrogens with one attached hydrogen (secondary N) is 1. The summed E-state index contributed by atoms with van der Waals surface area (Å²) in [5.41, 5.74) is 1.88. The van der Waals surface area contributed by atoms with E-state index in [9.17, 15) is 4.79 Å². The van der Waals surface area contributed by atoms with Crippen LogP contribution in [0.15, 0.2) is 54.6 Å². The minimum atomic E-state index is -0.0619. The molecule has 0 saturated heterocycles. The quantitative estimate of drug-likeness (QED) is 0.846. The lowest BCUT2D eigenvalue weighted by molar-refractivity contribution is -0.117. The van der Waals surface area contributed by atoms with Crippen LogP contribution in [0.5, 0.6) is 5.75 Å². The number of benzene rings is 2. The molecule has 4 heteroatoms. The maximum absolute atomic E-state index is 11.6. The zero-order valence-electron chi connectivity index (χ0n) is 12.9. The third-order valence-electron chi connectivity index (χ3n) is 3.25. The average Bonchev–Trinajstić information content (AvgIpc) is 2.55. The number of hydrogen-bond donors (Lipinski definition) is 1. The van der Waals surface area contributed by atoms with Gasteiger partial charge in [-0.2, -0.15) is 0 Å². The zero-order valence-corrected chi connectivity index (χ0v) is 12.9. The number of hydrogen-bond acceptors (Lipinski definition) is 3. The van der Waals surface area contributed by atoms with E-state index < -0.39 is 0 Å². The highest BCUT2D eigenvalue weighted by molar-refractivity contribution is 5.90. The summed E-state index contributed by atoms with van der Waals surface area (Å²) in [7, 11) is 1.58. The normalized spacial score (nSPS) is 11.7. The summed E-state index contributed by atoms with van der Waals surface area (Å²) < 4.78 is 10.8. The molecule has 0 spiro atoms. The van der Waals surface area contributed by atoms with Crippen LogP contribution in [-0.4, -0.2) is 19.6 Å². The Balaban J connectivity index is 1.90. The van der Waals surface area contributed by atoms with Gasteiger partial charge in [-0.25, -0.2) is 0 Å². The second-order valence-electron chi connectivity index (χ2n) is 4.99. The summed E-state index contributed by atoms with van der Waals surface area (Å²) in [5.74, 6) is 0.708. The molecule has 0 aliphatic rings. The molecule has 2 aromatic rings. The topological polar surface area (TPSA) is 47.6 Å². The molecule has 0 aromatic heterocycles. The molecule has 2 aromatic carbocycles. The molecule has 0 saturated carbocycles. The highest BCUT2D eigenvalue weighted by atomic mass is 16.5. The van der Waals surface area contributed by atoms with Crippen molar-refractivity contribution >= 4 is 11.6 Å². The lowest BCUT2D eigenvalue weighted by atomic mass is 10.1. The maximum Gasteiger partial charge on any atom is 0.226 e. The number of carbonyl (C=O) groups is 1. The van der Waals surface area contributed by atoms with Crippen LogP contribution in [0.25, 0.3) is 0 Å². The van der Waals surface area contributed by atoms with Gasteiger partial charge in [-0.15, -0.1) is 0 Å². The van der Waals surface area contributed by atoms with Crippen molar-refractivity contribution in [3.05, 3.63) is 60.2 Å². The Labute approximate surface area is 131 Å². The molecule has 0 aliphatic heterocycles. The number of anilines is 1. The molecule has 0 bridgehead atoms. The lowest BCUT2D eigenvalue weighted by Gasteiger charge is -2.15. The van der Waals surface area contributed by atoms with Crippen molar-refractivity contribution in [1.82, 2.24) is 0 Å². The van der Waals surface area contributed by atoms with Gasteiger partial charge in [-0.05, 0) is 36.8 Å². The van der Waals surface area contributed by atoms with E-state index in [1.54, 1.807) is 7.11 Å². The first-order valence-corrected chi connectivity index (χ1v) is 7.29. The van der Waals surface area contributed by atoms with E-state index in [-0.39, 0.29) is 12.0 Å². The van der Waals surface area contributed by atoms with Crippen molar-refractivity contribution in [1.29, 1.82) is 0 Å². The van der Waals surface area contributed by atoms with Gasteiger partial charge < -0.3 is 14.8 Å². The summed E-state index contributed by atoms with van der Waals surface area (Å²) in [6, 6.07) is 17.4. The fourth-order valence-electron chi connectivity index (χ4n) is 2.03. The molecule has 2 rings (SSSR count). The van der Waals surface area contributed by atoms with Gasteiger partial charge in [-0.3, -0.25) is 4.79 Å². The molecular formula is C18H21NO3. The van der Waals surface area contributed by atoms with Crippen molar-refractivity contribution in [2.24, 2.45) is 0 Å². The van der Waals surface area contributed by atoms with Gasteiger partial charge in [0.25, 0.3) is 0 Å². The monoisotopic (exact) mass is 299 g/mol. The van der Waals surface area contributed by atoms with E-state index in [2.05, 4.69) is 5.32 Å². The highest BCUT2D eigenvalue weighted by Gasteiger charge is 2.07. The summed E-state index contributed by atoms with van der Waals surface area (Å²) in [4.78, 5) is 11.6. The van der Waals surface area contributed by atoms with Gasteiger partial charge in [0.15, 0.2) is 0 Å². The fraction of sp³-hybridized carbons (Fsp3) is 0.278. The van der Waals surface area contributed by atoms with E-state index in [1.165, 1.54) is 0 Å². The van der Waals surface area contributed by atoms with Gasteiger partial charge in [-0.1, -0.05) is 30.3 Å². The molecule has 4 nitrogen and oxygen atoms in total. The van der Waals surface area contributed by atoms with E-state index in [0.717, 1.165) is 17.0 Å². The minimum Gasteiger partial charge on any atom is -0.486 e. The summed E-state index contributed by atoms with van der Waals surface area (Å²) in [5, 5.41) is 2.81. The lowest BCUT2D eigenvalue weighted by Crippen LogP contribution is -2.13. The predicted octanol–water partition coefficient (Wildman–Crippen LogP) is 3.80. The van der Waals surface area contributed by atoms with Crippen LogP contribution in [0.3, 0.4) is 0 Å². The molecule has 1 atom stereocenters. The van der Waals surface area contributed by atoms with Gasteiger partial charge in [0.05, 0.1) is 13.0 Å². The van der Waals surface area contributed by atoms with E-state index in [0.29, 0.717) is 13.0 Å². The summed E-state index contributed by atoms with van der Waals surface area (Å²) in [6.07, 6.45) is 0.322. The zero-order chi connectivity index (χ0) is 15.8. The Morgan fingerprint density at radius 2 is 1.77 bits per heavy atom. The smallest absolute Gasteiger partial charge is 0.226 e. The molecular weight excluding hydrogens is 278 g/mol. The van der Waals surface area contributed by atoms with Gasteiger partial charge in [0.2, 0.25) is 5.91 Å². The van der Waals surface area contributed by atoms with Crippen LogP contribution in [0.1, 0.15) is 25.0 Å². The molecule has 0 radical (unpaired) electrons. The van der Waals surface area contributed by atoms with Crippen molar-refractivity contribution in [2.45, 2.75) is 19.4 Å². The van der Waals surface area contributed by atoms with Crippen molar-refractivity contribution < 1.29 is 14.3 Å². The second-order valence-corrected chi connectivity index (χ2v) is 4.99. The Bertz CT molecular complexity index is 581. The first kappa shape index (κ1) is 16.0. The SMILES string of the molecule is COCCC(=O)Nc1ccc(O[C@H](C)c2ccccc2)cc1. The number of rotatable bonds is 7. The largest absolute Gasteiger partial charge is 0.486 e. The van der Waals surface area contributed by atoms with Gasteiger partial charge in [0, 0.05) is 12.8 Å². The van der Waals surface area contributed by atoms with Crippen LogP contribution in [0.4, 0.5) is 5.69 Å². The fourth-order valence-corrected chi connectivity index (χ4v) is 2.03. The Kier molecular flexibility index (Phi) is 5.98. The molecule has 0 heterocycles. The van der Waals surface area contributed by atoms with Crippen LogP contribution in [-0.2, 0) is 9.53 Å². The van der Waals surface area contributed by atoms with Crippen LogP contribution in [0, 0.1) is 0 Å². The standard InChI is InChI=1S/C18H21NO3/c1-14(15-6-4-3-5-7-15)22-17-10-8-16(9-11-17)19-18(20)12-13-21-2/h3-11,14H,12-13H2,1-2H3,(H,19,20)/t14-/m1/s1. The maximum atomic E-state index is 11.6. The molecule has 1 amide bonds. The van der Waals surface area contributed by atoms with E-state index in [4.69, 9.17) is 9.47 Å². The van der Waals surface area contributed by atoms with E-state index in [1.807, 2.05) is 61.5 Å². The number of amides is 1. The average molecular weight is 299 g/mol. The molecule has 0 aliphatic carbocycles. The van der Waals surface area contributed by atoms with Crippen LogP contribution in [0.2, 0.25) is 0 Å². The third kappa shape index (κ3) is 4.90. The van der Waals surface area contributed by atoms with Crippen molar-refractivity contribution in [3.8, 4) is 5.75 Å². The van der Waals surface area contributed by atoms with E-state index >= 15 is 0 Å². The molecule has 0 unspecified atom stereocenters. The Hall–Kier alpha value is -2.33. The summed E-state index contributed by atoms with van der Waals surface area (Å²) >= 11 is 0. The first-order valence-electron chi connectivity index (χ1n) is 7.29. The third-order valence-corrected chi connectivity index (χ3v) is 3.25. The summed E-state index contributed by atoms with van der Waals surface area (Å²) in [6.45, 7) is 2.43. The number of ether oxygens (including phenoxy) is 2. The molecule has 22 heavy (non-hydrogen) atoms. The minimum absolute atomic E-state index is 0.0247. The highest BCUT2D eigenvalue weighted by Crippen LogP contribution is 2.23. The van der Waals surface area contributed by atoms with Crippen molar-refractivity contribution in [2.75, 3.05) is 19.0 Å². The Morgan fingerprint density at radius 1 is 1.09 bits per heavy atom. The van der Waals surface area contributed by atoms with Crippen molar-refractivity contribution in [3.63, 3.8) is 0 Å². The number of methoxy groups -OCH3 is 1. The van der Waals surface area contributed by atoms with Gasteiger partial charge >= 0.3 is 0 Å². The molecule has 116 valence electrons. The first-order chi connectivity index (χ1) is 10.7. The van der Waals surface area contributed by atoms with Crippen LogP contribution < -0.4 is 10.1 Å². The van der Waals surface area contributed by atoms with Crippen LogP contribution >= 0.6 is 0 Å². The predicted molar refractivity (Wildman–Crippen MR) is 87.0 cm³/mol. The second kappa shape index (κ2) is 8.20.